The van der Waals surface area contributed by atoms with E-state index < -0.39 is 11.9 Å². The van der Waals surface area contributed by atoms with Gasteiger partial charge in [-0.1, -0.05) is 6.58 Å². The fourth-order valence-corrected chi connectivity index (χ4v) is 0.540. The second kappa shape index (κ2) is 6.19. The molecule has 74 valence electrons. The van der Waals surface area contributed by atoms with Gasteiger partial charge in [0.1, 0.15) is 12.2 Å². The molecule has 0 heterocycles. The molecule has 0 spiro atoms. The number of ether oxygens (including phenoxy) is 2. The van der Waals surface area contributed by atoms with Crippen LogP contribution in [-0.4, -0.2) is 31.7 Å². The lowest BCUT2D eigenvalue weighted by atomic mass is 10.3. The molecule has 0 saturated carbocycles. The van der Waals surface area contributed by atoms with Crippen LogP contribution in [0.3, 0.4) is 0 Å². The zero-order valence-electron chi connectivity index (χ0n) is 7.54. The quantitative estimate of drug-likeness (QED) is 0.274. The van der Waals surface area contributed by atoms with Crippen LogP contribution in [0.15, 0.2) is 12.2 Å². The molecule has 5 heteroatoms. The summed E-state index contributed by atoms with van der Waals surface area (Å²) in [6.07, 6.45) is 0. The van der Waals surface area contributed by atoms with Gasteiger partial charge in [0.15, 0.2) is 0 Å². The molecule has 0 aliphatic rings. The molecular formula is C8H13NO4. The molecule has 0 radical (unpaired) electrons. The summed E-state index contributed by atoms with van der Waals surface area (Å²) in [6, 6.07) is 0. The van der Waals surface area contributed by atoms with E-state index in [1.165, 1.54) is 0 Å². The number of hydrogen-bond donors (Lipinski definition) is 1. The van der Waals surface area contributed by atoms with Crippen LogP contribution in [-0.2, 0) is 19.1 Å². The highest BCUT2D eigenvalue weighted by Gasteiger charge is 2.17. The Morgan fingerprint density at radius 2 is 1.85 bits per heavy atom. The number of carbonyl (C=O) groups is 2. The molecule has 5 nitrogen and oxygen atoms in total. The monoisotopic (exact) mass is 187 g/mol. The normalized spacial score (nSPS) is 9.08. The van der Waals surface area contributed by atoms with Gasteiger partial charge in [-0.3, -0.25) is 0 Å². The summed E-state index contributed by atoms with van der Waals surface area (Å²) in [5.74, 6) is -1.55. The third kappa shape index (κ3) is 4.27. The molecule has 0 rings (SSSR count). The zero-order valence-corrected chi connectivity index (χ0v) is 7.54. The van der Waals surface area contributed by atoms with E-state index in [1.807, 2.05) is 0 Å². The van der Waals surface area contributed by atoms with Crippen LogP contribution in [0, 0.1) is 0 Å². The van der Waals surface area contributed by atoms with Crippen molar-refractivity contribution >= 4 is 11.9 Å². The van der Waals surface area contributed by atoms with Crippen molar-refractivity contribution in [1.82, 2.24) is 0 Å². The van der Waals surface area contributed by atoms with E-state index in [0.717, 1.165) is 0 Å². The van der Waals surface area contributed by atoms with Gasteiger partial charge in [0.2, 0.25) is 0 Å². The minimum absolute atomic E-state index is 0.0667. The lowest BCUT2D eigenvalue weighted by molar-refractivity contribution is -0.146. The SMILES string of the molecule is C=C(C(=O)OCC)C(=O)OCCN. The first-order valence-electron chi connectivity index (χ1n) is 3.86. The van der Waals surface area contributed by atoms with Gasteiger partial charge in [-0.25, -0.2) is 9.59 Å². The van der Waals surface area contributed by atoms with Crippen LogP contribution < -0.4 is 5.73 Å². The smallest absolute Gasteiger partial charge is 0.344 e. The highest BCUT2D eigenvalue weighted by Crippen LogP contribution is 1.97. The summed E-state index contributed by atoms with van der Waals surface area (Å²) in [5.41, 5.74) is 4.78. The molecule has 0 atom stereocenters. The third-order valence-electron chi connectivity index (χ3n) is 1.12. The van der Waals surface area contributed by atoms with Crippen molar-refractivity contribution in [2.75, 3.05) is 19.8 Å². The molecule has 0 aromatic rings. The van der Waals surface area contributed by atoms with Gasteiger partial charge in [0.25, 0.3) is 0 Å². The van der Waals surface area contributed by atoms with E-state index in [2.05, 4.69) is 16.1 Å². The van der Waals surface area contributed by atoms with Crippen LogP contribution in [0.5, 0.6) is 0 Å². The molecular weight excluding hydrogens is 174 g/mol. The summed E-state index contributed by atoms with van der Waals surface area (Å²) in [6.45, 7) is 5.34. The van der Waals surface area contributed by atoms with Crippen LogP contribution in [0.1, 0.15) is 6.92 Å². The van der Waals surface area contributed by atoms with Gasteiger partial charge in [-0.2, -0.15) is 0 Å². The number of hydrogen-bond acceptors (Lipinski definition) is 5. The van der Waals surface area contributed by atoms with Crippen molar-refractivity contribution in [3.63, 3.8) is 0 Å². The molecule has 0 amide bonds. The zero-order chi connectivity index (χ0) is 10.3. The Hall–Kier alpha value is -1.36. The third-order valence-corrected chi connectivity index (χ3v) is 1.12. The van der Waals surface area contributed by atoms with E-state index in [4.69, 9.17) is 5.73 Å². The van der Waals surface area contributed by atoms with E-state index in [-0.39, 0.29) is 25.3 Å². The van der Waals surface area contributed by atoms with Crippen molar-refractivity contribution in [2.24, 2.45) is 5.73 Å². The van der Waals surface area contributed by atoms with Crippen LogP contribution in [0.4, 0.5) is 0 Å². The average Bonchev–Trinajstić information content (AvgIpc) is 2.13. The first kappa shape index (κ1) is 11.6. The maximum Gasteiger partial charge on any atom is 0.344 e. The van der Waals surface area contributed by atoms with E-state index in [9.17, 15) is 9.59 Å². The fourth-order valence-electron chi connectivity index (χ4n) is 0.540. The Labute approximate surface area is 76.5 Å². The van der Waals surface area contributed by atoms with Crippen molar-refractivity contribution in [2.45, 2.75) is 6.92 Å². The summed E-state index contributed by atoms with van der Waals surface area (Å²) < 4.78 is 9.09. The van der Waals surface area contributed by atoms with Crippen molar-refractivity contribution in [3.8, 4) is 0 Å². The largest absolute Gasteiger partial charge is 0.462 e. The number of rotatable bonds is 5. The first-order chi connectivity index (χ1) is 6.13. The maximum atomic E-state index is 10.9. The Morgan fingerprint density at radius 1 is 1.31 bits per heavy atom. The van der Waals surface area contributed by atoms with Crippen molar-refractivity contribution < 1.29 is 19.1 Å². The minimum Gasteiger partial charge on any atom is -0.462 e. The molecule has 0 aliphatic carbocycles. The Bertz CT molecular complexity index is 212. The number of esters is 2. The van der Waals surface area contributed by atoms with Gasteiger partial charge in [-0.15, -0.1) is 0 Å². The van der Waals surface area contributed by atoms with E-state index >= 15 is 0 Å². The topological polar surface area (TPSA) is 78.6 Å². The van der Waals surface area contributed by atoms with E-state index in [0.29, 0.717) is 0 Å². The van der Waals surface area contributed by atoms with Crippen molar-refractivity contribution in [3.05, 3.63) is 12.2 Å². The van der Waals surface area contributed by atoms with Crippen molar-refractivity contribution in [1.29, 1.82) is 0 Å². The number of carbonyl (C=O) groups excluding carboxylic acids is 2. The Morgan fingerprint density at radius 3 is 2.31 bits per heavy atom. The molecule has 0 aliphatic heterocycles. The summed E-state index contributed by atoms with van der Waals surface area (Å²) >= 11 is 0. The summed E-state index contributed by atoms with van der Waals surface area (Å²) in [7, 11) is 0. The second-order valence-electron chi connectivity index (χ2n) is 2.12. The fraction of sp³-hybridized carbons (Fsp3) is 0.500. The minimum atomic E-state index is -0.788. The van der Waals surface area contributed by atoms with Gasteiger partial charge >= 0.3 is 11.9 Å². The van der Waals surface area contributed by atoms with Gasteiger partial charge < -0.3 is 15.2 Å². The molecule has 0 fully saturated rings. The predicted octanol–water partition coefficient (Wildman–Crippen LogP) is -0.392. The Kier molecular flexibility index (Phi) is 5.54. The molecule has 0 unspecified atom stereocenters. The molecule has 13 heavy (non-hydrogen) atoms. The van der Waals surface area contributed by atoms with Gasteiger partial charge in [0.05, 0.1) is 6.61 Å². The van der Waals surface area contributed by atoms with Gasteiger partial charge in [0, 0.05) is 6.54 Å². The van der Waals surface area contributed by atoms with E-state index in [1.54, 1.807) is 6.92 Å². The highest BCUT2D eigenvalue weighted by molar-refractivity contribution is 6.13. The Balaban J connectivity index is 3.95. The van der Waals surface area contributed by atoms with Crippen LogP contribution in [0.2, 0.25) is 0 Å². The van der Waals surface area contributed by atoms with Crippen LogP contribution >= 0.6 is 0 Å². The standard InChI is InChI=1S/C8H13NO4/c1-3-12-7(10)6(2)8(11)13-5-4-9/h2-5,9H2,1H3. The highest BCUT2D eigenvalue weighted by atomic mass is 16.6. The molecule has 0 saturated heterocycles. The molecule has 2 N–H and O–H groups in total. The van der Waals surface area contributed by atoms with Gasteiger partial charge in [-0.05, 0) is 6.92 Å². The average molecular weight is 187 g/mol. The van der Waals surface area contributed by atoms with Crippen LogP contribution in [0.25, 0.3) is 0 Å². The molecule has 0 aromatic carbocycles. The predicted molar refractivity (Wildman–Crippen MR) is 45.8 cm³/mol. The first-order valence-corrected chi connectivity index (χ1v) is 3.86. The maximum absolute atomic E-state index is 10.9. The second-order valence-corrected chi connectivity index (χ2v) is 2.12. The lowest BCUT2D eigenvalue weighted by Crippen LogP contribution is -2.20. The summed E-state index contributed by atoms with van der Waals surface area (Å²) in [5, 5.41) is 0. The molecule has 0 aromatic heterocycles. The molecule has 0 bridgehead atoms. The number of nitrogens with two attached hydrogens (primary N) is 1. The lowest BCUT2D eigenvalue weighted by Gasteiger charge is -2.04. The summed E-state index contributed by atoms with van der Waals surface area (Å²) in [4.78, 5) is 21.8.